The Hall–Kier alpha value is -1.44. The molecule has 150 valence electrons. The van der Waals surface area contributed by atoms with Crippen LogP contribution in [0, 0.1) is 0 Å². The molecule has 0 amide bonds. The van der Waals surface area contributed by atoms with Gasteiger partial charge in [0.05, 0.1) is 6.61 Å². The van der Waals surface area contributed by atoms with E-state index in [0.29, 0.717) is 0 Å². The van der Waals surface area contributed by atoms with Gasteiger partial charge in [0.1, 0.15) is 0 Å². The Morgan fingerprint density at radius 1 is 0.640 bits per heavy atom. The molecule has 0 spiro atoms. The van der Waals surface area contributed by atoms with Crippen LogP contribution in [-0.2, 0) is 4.74 Å². The minimum atomic E-state index is -6.92. The molecular weight excluding hydrogens is 402 g/mol. The number of hydrogen-bond donors (Lipinski definition) is 0. The van der Waals surface area contributed by atoms with E-state index in [2.05, 4.69) is 4.74 Å². The van der Waals surface area contributed by atoms with E-state index in [1.54, 1.807) is 0 Å². The Bertz CT molecular complexity index is 458. The van der Waals surface area contributed by atoms with Crippen LogP contribution in [-0.4, -0.2) is 37.2 Å². The van der Waals surface area contributed by atoms with Crippen LogP contribution >= 0.6 is 0 Å². The van der Waals surface area contributed by atoms with Crippen molar-refractivity contribution in [3.8, 4) is 0 Å². The monoisotopic (exact) mass is 408 g/mol. The summed E-state index contributed by atoms with van der Waals surface area (Å²) in [7, 11) is 0. The van der Waals surface area contributed by atoms with E-state index in [0.717, 1.165) is 0 Å². The standard InChI is InChI=1S/C10H6F14O/c11-6(12,13)2-1-3-25-5(7(14,15)10(22,23)24)4(8(16,17)18)9(19,20)21/h1-3H2. The van der Waals surface area contributed by atoms with Crippen molar-refractivity contribution >= 4 is 0 Å². The summed E-state index contributed by atoms with van der Waals surface area (Å²) in [6.45, 7) is -1.89. The second-order valence-electron chi connectivity index (χ2n) is 4.34. The number of rotatable bonds is 5. The Labute approximate surface area is 129 Å². The number of alkyl halides is 14. The van der Waals surface area contributed by atoms with Crippen LogP contribution in [0.5, 0.6) is 0 Å². The molecule has 0 heterocycles. The molecule has 0 fully saturated rings. The van der Waals surface area contributed by atoms with E-state index in [1.165, 1.54) is 0 Å². The summed E-state index contributed by atoms with van der Waals surface area (Å²) in [5.41, 5.74) is -4.30. The molecule has 15 heteroatoms. The highest BCUT2D eigenvalue weighted by molar-refractivity contribution is 5.26. The van der Waals surface area contributed by atoms with Gasteiger partial charge in [-0.1, -0.05) is 0 Å². The summed E-state index contributed by atoms with van der Waals surface area (Å²) in [5.74, 6) is -10.6. The Balaban J connectivity index is 6.03. The lowest BCUT2D eigenvalue weighted by atomic mass is 10.1. The first-order valence-corrected chi connectivity index (χ1v) is 5.74. The van der Waals surface area contributed by atoms with Gasteiger partial charge in [-0.2, -0.15) is 61.5 Å². The zero-order valence-electron chi connectivity index (χ0n) is 11.3. The second-order valence-corrected chi connectivity index (χ2v) is 4.34. The number of allylic oxidation sites excluding steroid dienone is 2. The molecule has 0 radical (unpaired) electrons. The average Bonchev–Trinajstić information content (AvgIpc) is 2.26. The maximum atomic E-state index is 13.0. The molecule has 0 aromatic heterocycles. The topological polar surface area (TPSA) is 9.23 Å². The van der Waals surface area contributed by atoms with E-state index in [1.807, 2.05) is 0 Å². The van der Waals surface area contributed by atoms with Crippen molar-refractivity contribution in [2.45, 2.75) is 43.5 Å². The van der Waals surface area contributed by atoms with Crippen molar-refractivity contribution in [1.82, 2.24) is 0 Å². The molecular formula is C10H6F14O. The fourth-order valence-corrected chi connectivity index (χ4v) is 1.31. The van der Waals surface area contributed by atoms with Gasteiger partial charge in [-0.15, -0.1) is 0 Å². The molecule has 0 aliphatic carbocycles. The summed E-state index contributed by atoms with van der Waals surface area (Å²) < 4.78 is 175. The Morgan fingerprint density at radius 2 is 1.04 bits per heavy atom. The van der Waals surface area contributed by atoms with E-state index in [9.17, 15) is 61.5 Å². The lowest BCUT2D eigenvalue weighted by molar-refractivity contribution is -0.282. The molecule has 0 saturated carbocycles. The number of ether oxygens (including phenoxy) is 1. The van der Waals surface area contributed by atoms with Crippen molar-refractivity contribution in [1.29, 1.82) is 0 Å². The summed E-state index contributed by atoms with van der Waals surface area (Å²) in [6, 6.07) is 0. The molecule has 0 atom stereocenters. The fraction of sp³-hybridized carbons (Fsp3) is 0.800. The second kappa shape index (κ2) is 7.05. The van der Waals surface area contributed by atoms with Crippen LogP contribution in [0.15, 0.2) is 11.3 Å². The van der Waals surface area contributed by atoms with Crippen molar-refractivity contribution in [2.24, 2.45) is 0 Å². The molecule has 0 N–H and O–H groups in total. The third kappa shape index (κ3) is 6.76. The third-order valence-corrected chi connectivity index (χ3v) is 2.29. The van der Waals surface area contributed by atoms with Crippen LogP contribution < -0.4 is 0 Å². The molecule has 1 nitrogen and oxygen atoms in total. The quantitative estimate of drug-likeness (QED) is 0.312. The van der Waals surface area contributed by atoms with E-state index < -0.39 is 61.4 Å². The highest BCUT2D eigenvalue weighted by Gasteiger charge is 2.67. The molecule has 0 aliphatic rings. The smallest absolute Gasteiger partial charge is 0.461 e. The first-order valence-electron chi connectivity index (χ1n) is 5.74. The van der Waals surface area contributed by atoms with Crippen LogP contribution in [0.3, 0.4) is 0 Å². The first-order chi connectivity index (χ1) is 10.7. The summed E-state index contributed by atoms with van der Waals surface area (Å²) in [5, 5.41) is 0. The van der Waals surface area contributed by atoms with Gasteiger partial charge < -0.3 is 4.74 Å². The zero-order chi connectivity index (χ0) is 20.5. The molecule has 0 rings (SSSR count). The molecule has 0 unspecified atom stereocenters. The molecule has 0 bridgehead atoms. The van der Waals surface area contributed by atoms with Gasteiger partial charge in [0.15, 0.2) is 11.3 Å². The molecule has 25 heavy (non-hydrogen) atoms. The van der Waals surface area contributed by atoms with Gasteiger partial charge in [0.2, 0.25) is 0 Å². The lowest BCUT2D eigenvalue weighted by Gasteiger charge is -2.27. The Kier molecular flexibility index (Phi) is 6.65. The van der Waals surface area contributed by atoms with E-state index >= 15 is 0 Å². The minimum absolute atomic E-state index is 1.45. The SMILES string of the molecule is FC(F)(F)CCCOC(=C(C(F)(F)F)C(F)(F)F)C(F)(F)C(F)(F)F. The molecule has 0 aromatic rings. The fourth-order valence-electron chi connectivity index (χ4n) is 1.31. The van der Waals surface area contributed by atoms with Gasteiger partial charge in [0.25, 0.3) is 0 Å². The maximum Gasteiger partial charge on any atom is 0.461 e. The third-order valence-electron chi connectivity index (χ3n) is 2.29. The van der Waals surface area contributed by atoms with E-state index in [4.69, 9.17) is 0 Å². The normalized spacial score (nSPS) is 14.5. The van der Waals surface area contributed by atoms with Gasteiger partial charge >= 0.3 is 30.6 Å². The molecule has 0 saturated heterocycles. The van der Waals surface area contributed by atoms with Crippen molar-refractivity contribution in [3.63, 3.8) is 0 Å². The largest absolute Gasteiger partial charge is 0.491 e. The van der Waals surface area contributed by atoms with Gasteiger partial charge in [-0.25, -0.2) is 0 Å². The summed E-state index contributed by atoms with van der Waals surface area (Å²) in [6.07, 6.45) is -28.8. The Morgan fingerprint density at radius 3 is 1.32 bits per heavy atom. The summed E-state index contributed by atoms with van der Waals surface area (Å²) in [4.78, 5) is 0. The van der Waals surface area contributed by atoms with Crippen molar-refractivity contribution < 1.29 is 66.2 Å². The van der Waals surface area contributed by atoms with Gasteiger partial charge in [-0.05, 0) is 6.42 Å². The predicted octanol–water partition coefficient (Wildman–Crippen LogP) is 5.92. The minimum Gasteiger partial charge on any atom is -0.491 e. The number of hydrogen-bond acceptors (Lipinski definition) is 1. The van der Waals surface area contributed by atoms with Crippen LogP contribution in [0.4, 0.5) is 61.5 Å². The number of halogens is 14. The van der Waals surface area contributed by atoms with Crippen molar-refractivity contribution in [2.75, 3.05) is 6.61 Å². The molecule has 0 aliphatic heterocycles. The summed E-state index contributed by atoms with van der Waals surface area (Å²) >= 11 is 0. The predicted molar refractivity (Wildman–Crippen MR) is 51.4 cm³/mol. The van der Waals surface area contributed by atoms with Crippen molar-refractivity contribution in [3.05, 3.63) is 11.3 Å². The van der Waals surface area contributed by atoms with Gasteiger partial charge in [-0.3, -0.25) is 0 Å². The lowest BCUT2D eigenvalue weighted by Crippen LogP contribution is -2.43. The van der Waals surface area contributed by atoms with E-state index in [-0.39, 0.29) is 0 Å². The highest BCUT2D eigenvalue weighted by Crippen LogP contribution is 2.49. The first kappa shape index (κ1) is 23.6. The maximum absolute atomic E-state index is 13.0. The van der Waals surface area contributed by atoms with Crippen LogP contribution in [0.2, 0.25) is 0 Å². The van der Waals surface area contributed by atoms with Crippen LogP contribution in [0.1, 0.15) is 12.8 Å². The zero-order valence-corrected chi connectivity index (χ0v) is 11.3. The average molecular weight is 408 g/mol. The van der Waals surface area contributed by atoms with Gasteiger partial charge in [0, 0.05) is 6.42 Å². The molecule has 0 aromatic carbocycles. The van der Waals surface area contributed by atoms with Crippen LogP contribution in [0.25, 0.3) is 0 Å². The highest BCUT2D eigenvalue weighted by atomic mass is 19.4.